The summed E-state index contributed by atoms with van der Waals surface area (Å²) in [6.45, 7) is 4.25. The molecule has 1 heterocycles. The number of primary amides is 1. The molecule has 0 saturated carbocycles. The first-order valence-corrected chi connectivity index (χ1v) is 6.56. The molecular formula is C14H19N3O2. The number of carbonyl (C=O) groups is 2. The van der Waals surface area contributed by atoms with Gasteiger partial charge in [0, 0.05) is 24.5 Å². The van der Waals surface area contributed by atoms with Gasteiger partial charge in [-0.2, -0.15) is 0 Å². The maximum absolute atomic E-state index is 11.5. The van der Waals surface area contributed by atoms with Gasteiger partial charge in [-0.25, -0.2) is 0 Å². The number of benzene rings is 1. The van der Waals surface area contributed by atoms with Crippen molar-refractivity contribution in [3.8, 4) is 0 Å². The summed E-state index contributed by atoms with van der Waals surface area (Å²) in [7, 11) is 0. The summed E-state index contributed by atoms with van der Waals surface area (Å²) in [6, 6.07) is 5.87. The third-order valence-corrected chi connectivity index (χ3v) is 3.18. The Hall–Kier alpha value is -2.04. The van der Waals surface area contributed by atoms with Crippen LogP contribution in [0.5, 0.6) is 0 Å². The quantitative estimate of drug-likeness (QED) is 0.784. The standard InChI is InChI=1S/C14H19N3O2/c1-2-6-17-7-5-10-8-11(3-4-12(10)17)16-14(19)9-13(15)18/h3-4,8H,2,5-7,9H2,1H3,(H2,15,18)(H,16,19). The highest BCUT2D eigenvalue weighted by Gasteiger charge is 2.18. The molecule has 0 saturated heterocycles. The Morgan fingerprint density at radius 3 is 2.89 bits per heavy atom. The molecule has 0 aliphatic carbocycles. The van der Waals surface area contributed by atoms with Crippen LogP contribution in [0.25, 0.3) is 0 Å². The van der Waals surface area contributed by atoms with E-state index in [1.54, 1.807) is 0 Å². The topological polar surface area (TPSA) is 75.4 Å². The normalized spacial score (nSPS) is 13.2. The Balaban J connectivity index is 2.06. The van der Waals surface area contributed by atoms with Gasteiger partial charge in [0.15, 0.2) is 0 Å². The van der Waals surface area contributed by atoms with Crippen molar-refractivity contribution in [2.24, 2.45) is 5.73 Å². The molecular weight excluding hydrogens is 242 g/mol. The van der Waals surface area contributed by atoms with Gasteiger partial charge in [0.1, 0.15) is 6.42 Å². The molecule has 5 heteroatoms. The van der Waals surface area contributed by atoms with Gasteiger partial charge in [-0.1, -0.05) is 6.92 Å². The van der Waals surface area contributed by atoms with Crippen molar-refractivity contribution in [1.82, 2.24) is 0 Å². The lowest BCUT2D eigenvalue weighted by Crippen LogP contribution is -2.21. The van der Waals surface area contributed by atoms with Crippen molar-refractivity contribution >= 4 is 23.2 Å². The fourth-order valence-electron chi connectivity index (χ4n) is 2.41. The van der Waals surface area contributed by atoms with Crippen molar-refractivity contribution in [2.45, 2.75) is 26.2 Å². The number of hydrogen-bond donors (Lipinski definition) is 2. The van der Waals surface area contributed by atoms with Gasteiger partial charge >= 0.3 is 0 Å². The lowest BCUT2D eigenvalue weighted by atomic mass is 10.1. The first-order valence-electron chi connectivity index (χ1n) is 6.56. The van der Waals surface area contributed by atoms with Crippen LogP contribution in [0, 0.1) is 0 Å². The molecule has 3 N–H and O–H groups in total. The number of amides is 2. The van der Waals surface area contributed by atoms with Gasteiger partial charge in [0.05, 0.1) is 0 Å². The summed E-state index contributed by atoms with van der Waals surface area (Å²) in [5.74, 6) is -0.983. The molecule has 0 fully saturated rings. The molecule has 2 rings (SSSR count). The minimum atomic E-state index is -0.618. The number of nitrogens with two attached hydrogens (primary N) is 1. The molecule has 2 amide bonds. The number of nitrogens with zero attached hydrogens (tertiary/aromatic N) is 1. The second kappa shape index (κ2) is 5.73. The van der Waals surface area contributed by atoms with E-state index >= 15 is 0 Å². The van der Waals surface area contributed by atoms with Gasteiger partial charge in [0.25, 0.3) is 0 Å². The van der Waals surface area contributed by atoms with Gasteiger partial charge in [0.2, 0.25) is 11.8 Å². The largest absolute Gasteiger partial charge is 0.371 e. The fourth-order valence-corrected chi connectivity index (χ4v) is 2.41. The molecule has 0 aromatic heterocycles. The first-order chi connectivity index (χ1) is 9.10. The van der Waals surface area contributed by atoms with Crippen LogP contribution >= 0.6 is 0 Å². The van der Waals surface area contributed by atoms with Crippen molar-refractivity contribution in [3.05, 3.63) is 23.8 Å². The lowest BCUT2D eigenvalue weighted by Gasteiger charge is -2.18. The molecule has 0 atom stereocenters. The van der Waals surface area contributed by atoms with E-state index in [4.69, 9.17) is 5.73 Å². The molecule has 1 aromatic rings. The van der Waals surface area contributed by atoms with E-state index in [1.165, 1.54) is 11.3 Å². The highest BCUT2D eigenvalue weighted by molar-refractivity contribution is 6.03. The van der Waals surface area contributed by atoms with Crippen LogP contribution in [0.15, 0.2) is 18.2 Å². The minimum absolute atomic E-state index is 0.279. The SMILES string of the molecule is CCCN1CCc2cc(NC(=O)CC(N)=O)ccc21. The van der Waals surface area contributed by atoms with Crippen molar-refractivity contribution < 1.29 is 9.59 Å². The van der Waals surface area contributed by atoms with Crippen LogP contribution < -0.4 is 16.0 Å². The van der Waals surface area contributed by atoms with Crippen LogP contribution in [0.2, 0.25) is 0 Å². The van der Waals surface area contributed by atoms with E-state index in [0.717, 1.165) is 31.6 Å². The molecule has 1 aliphatic rings. The molecule has 1 aliphatic heterocycles. The Morgan fingerprint density at radius 1 is 1.42 bits per heavy atom. The van der Waals surface area contributed by atoms with E-state index < -0.39 is 5.91 Å². The summed E-state index contributed by atoms with van der Waals surface area (Å²) in [6.07, 6.45) is 1.84. The molecule has 5 nitrogen and oxygen atoms in total. The van der Waals surface area contributed by atoms with Crippen LogP contribution in [-0.4, -0.2) is 24.9 Å². The second-order valence-electron chi connectivity index (χ2n) is 4.77. The summed E-state index contributed by atoms with van der Waals surface area (Å²) in [4.78, 5) is 24.5. The van der Waals surface area contributed by atoms with Gasteiger partial charge in [-0.05, 0) is 36.6 Å². The third kappa shape index (κ3) is 3.24. The van der Waals surface area contributed by atoms with E-state index in [1.807, 2.05) is 18.2 Å². The van der Waals surface area contributed by atoms with E-state index in [9.17, 15) is 9.59 Å². The molecule has 1 aromatic carbocycles. The second-order valence-corrected chi connectivity index (χ2v) is 4.77. The zero-order valence-electron chi connectivity index (χ0n) is 11.1. The van der Waals surface area contributed by atoms with Crippen molar-refractivity contribution in [3.63, 3.8) is 0 Å². The maximum atomic E-state index is 11.5. The fraction of sp³-hybridized carbons (Fsp3) is 0.429. The smallest absolute Gasteiger partial charge is 0.233 e. The van der Waals surface area contributed by atoms with E-state index in [0.29, 0.717) is 0 Å². The molecule has 0 bridgehead atoms. The maximum Gasteiger partial charge on any atom is 0.233 e. The van der Waals surface area contributed by atoms with E-state index in [-0.39, 0.29) is 12.3 Å². The summed E-state index contributed by atoms with van der Waals surface area (Å²) in [5.41, 5.74) is 8.19. The summed E-state index contributed by atoms with van der Waals surface area (Å²) >= 11 is 0. The number of rotatable bonds is 5. The summed E-state index contributed by atoms with van der Waals surface area (Å²) < 4.78 is 0. The monoisotopic (exact) mass is 261 g/mol. The Labute approximate surface area is 112 Å². The number of hydrogen-bond acceptors (Lipinski definition) is 3. The van der Waals surface area contributed by atoms with Crippen LogP contribution in [0.1, 0.15) is 25.3 Å². The van der Waals surface area contributed by atoms with Crippen LogP contribution in [0.4, 0.5) is 11.4 Å². The predicted octanol–water partition coefficient (Wildman–Crippen LogP) is 1.27. The average molecular weight is 261 g/mol. The number of fused-ring (bicyclic) bond motifs is 1. The molecule has 0 unspecified atom stereocenters. The highest BCUT2D eigenvalue weighted by atomic mass is 16.2. The van der Waals surface area contributed by atoms with Crippen LogP contribution in [0.3, 0.4) is 0 Å². The first kappa shape index (κ1) is 13.4. The number of carbonyl (C=O) groups excluding carboxylic acids is 2. The molecule has 102 valence electrons. The zero-order chi connectivity index (χ0) is 13.8. The van der Waals surface area contributed by atoms with E-state index in [2.05, 4.69) is 17.1 Å². The molecule has 0 spiro atoms. The number of nitrogens with one attached hydrogen (secondary N) is 1. The average Bonchev–Trinajstić information content (AvgIpc) is 2.71. The molecule has 0 radical (unpaired) electrons. The number of anilines is 2. The van der Waals surface area contributed by atoms with Gasteiger partial charge < -0.3 is 16.0 Å². The highest BCUT2D eigenvalue weighted by Crippen LogP contribution is 2.30. The Morgan fingerprint density at radius 2 is 2.21 bits per heavy atom. The predicted molar refractivity (Wildman–Crippen MR) is 75.1 cm³/mol. The Bertz CT molecular complexity index is 499. The Kier molecular flexibility index (Phi) is 4.04. The minimum Gasteiger partial charge on any atom is -0.371 e. The lowest BCUT2D eigenvalue weighted by molar-refractivity contribution is -0.124. The van der Waals surface area contributed by atoms with Crippen molar-refractivity contribution in [2.75, 3.05) is 23.3 Å². The van der Waals surface area contributed by atoms with Gasteiger partial charge in [-0.3, -0.25) is 9.59 Å². The van der Waals surface area contributed by atoms with Gasteiger partial charge in [-0.15, -0.1) is 0 Å². The summed E-state index contributed by atoms with van der Waals surface area (Å²) in [5, 5.41) is 2.69. The zero-order valence-corrected chi connectivity index (χ0v) is 11.1. The van der Waals surface area contributed by atoms with Crippen LogP contribution in [-0.2, 0) is 16.0 Å². The van der Waals surface area contributed by atoms with Crippen molar-refractivity contribution in [1.29, 1.82) is 0 Å². The molecule has 19 heavy (non-hydrogen) atoms. The third-order valence-electron chi connectivity index (χ3n) is 3.18.